The third-order valence-corrected chi connectivity index (χ3v) is 4.62. The Morgan fingerprint density at radius 3 is 2.62 bits per heavy atom. The molecule has 0 saturated carbocycles. The molecule has 0 aliphatic heterocycles. The number of benzene rings is 2. The Balaban J connectivity index is 1.52. The Bertz CT molecular complexity index is 1120. The van der Waals surface area contributed by atoms with Crippen LogP contribution in [-0.2, 0) is 0 Å². The van der Waals surface area contributed by atoms with Crippen LogP contribution in [0.25, 0.3) is 17.1 Å². The van der Waals surface area contributed by atoms with E-state index in [9.17, 15) is 4.39 Å². The highest BCUT2D eigenvalue weighted by Crippen LogP contribution is 2.26. The highest BCUT2D eigenvalue weighted by Gasteiger charge is 2.18. The van der Waals surface area contributed by atoms with Gasteiger partial charge in [0.2, 0.25) is 11.7 Å². The lowest BCUT2D eigenvalue weighted by molar-refractivity contribution is 0.368. The Morgan fingerprint density at radius 2 is 1.90 bits per heavy atom. The first-order valence-corrected chi connectivity index (χ1v) is 9.11. The molecule has 1 N–H and O–H groups in total. The summed E-state index contributed by atoms with van der Waals surface area (Å²) in [6.45, 7) is 3.77. The number of nitrogens with zero attached hydrogens (tertiary/aromatic N) is 4. The molecular formula is C21H20FN5O2. The van der Waals surface area contributed by atoms with E-state index in [1.165, 1.54) is 6.07 Å². The maximum Gasteiger partial charge on any atom is 0.249 e. The number of nitrogens with one attached hydrogen (secondary N) is 1. The van der Waals surface area contributed by atoms with Gasteiger partial charge in [-0.25, -0.2) is 9.07 Å². The molecule has 7 nitrogen and oxygen atoms in total. The number of anilines is 1. The molecule has 29 heavy (non-hydrogen) atoms. The Hall–Kier alpha value is -3.68. The molecule has 2 aromatic heterocycles. The summed E-state index contributed by atoms with van der Waals surface area (Å²) in [6, 6.07) is 13.7. The van der Waals surface area contributed by atoms with Gasteiger partial charge in [-0.3, -0.25) is 0 Å². The van der Waals surface area contributed by atoms with Crippen LogP contribution in [0.3, 0.4) is 0 Å². The molecule has 2 aromatic carbocycles. The first kappa shape index (κ1) is 18.7. The van der Waals surface area contributed by atoms with E-state index >= 15 is 0 Å². The molecule has 2 heterocycles. The van der Waals surface area contributed by atoms with Gasteiger partial charge in [0, 0.05) is 5.56 Å². The molecule has 0 fully saturated rings. The number of para-hydroxylation sites is 1. The molecule has 0 spiro atoms. The Kier molecular flexibility index (Phi) is 4.99. The predicted octanol–water partition coefficient (Wildman–Crippen LogP) is 4.55. The van der Waals surface area contributed by atoms with Gasteiger partial charge < -0.3 is 14.6 Å². The summed E-state index contributed by atoms with van der Waals surface area (Å²) >= 11 is 0. The van der Waals surface area contributed by atoms with Crippen molar-refractivity contribution >= 4 is 5.69 Å². The minimum absolute atomic E-state index is 0.258. The number of rotatable bonds is 6. The highest BCUT2D eigenvalue weighted by molar-refractivity contribution is 5.56. The van der Waals surface area contributed by atoms with Gasteiger partial charge in [-0.2, -0.15) is 10.1 Å². The Labute approximate surface area is 167 Å². The molecule has 8 heteroatoms. The first-order valence-electron chi connectivity index (χ1n) is 9.11. The van der Waals surface area contributed by atoms with Crippen LogP contribution in [0, 0.1) is 12.7 Å². The van der Waals surface area contributed by atoms with Crippen molar-refractivity contribution in [1.82, 2.24) is 19.9 Å². The van der Waals surface area contributed by atoms with Gasteiger partial charge in [0.25, 0.3) is 0 Å². The third-order valence-electron chi connectivity index (χ3n) is 4.62. The zero-order valence-corrected chi connectivity index (χ0v) is 16.3. The lowest BCUT2D eigenvalue weighted by Gasteiger charge is -2.11. The minimum atomic E-state index is -0.334. The van der Waals surface area contributed by atoms with E-state index in [-0.39, 0.29) is 11.9 Å². The summed E-state index contributed by atoms with van der Waals surface area (Å²) in [5, 5.41) is 11.6. The number of aromatic nitrogens is 4. The maximum absolute atomic E-state index is 14.1. The van der Waals surface area contributed by atoms with Gasteiger partial charge >= 0.3 is 0 Å². The third kappa shape index (κ3) is 3.69. The largest absolute Gasteiger partial charge is 0.497 e. The molecule has 148 valence electrons. The van der Waals surface area contributed by atoms with Crippen LogP contribution >= 0.6 is 0 Å². The van der Waals surface area contributed by atoms with E-state index in [1.807, 2.05) is 38.1 Å². The summed E-state index contributed by atoms with van der Waals surface area (Å²) in [6.07, 6.45) is 1.65. The predicted molar refractivity (Wildman–Crippen MR) is 107 cm³/mol. The summed E-state index contributed by atoms with van der Waals surface area (Å²) in [7, 11) is 1.62. The maximum atomic E-state index is 14.1. The van der Waals surface area contributed by atoms with Gasteiger partial charge in [0.1, 0.15) is 23.3 Å². The quantitative estimate of drug-likeness (QED) is 0.518. The van der Waals surface area contributed by atoms with Crippen molar-refractivity contribution in [2.75, 3.05) is 12.4 Å². The van der Waals surface area contributed by atoms with E-state index in [0.29, 0.717) is 17.4 Å². The second kappa shape index (κ2) is 7.75. The molecule has 4 rings (SSSR count). The van der Waals surface area contributed by atoms with Gasteiger partial charge in [-0.1, -0.05) is 17.3 Å². The second-order valence-electron chi connectivity index (χ2n) is 6.56. The lowest BCUT2D eigenvalue weighted by atomic mass is 10.2. The molecule has 0 bridgehead atoms. The van der Waals surface area contributed by atoms with E-state index in [1.54, 1.807) is 36.2 Å². The Morgan fingerprint density at radius 1 is 1.14 bits per heavy atom. The topological polar surface area (TPSA) is 78.0 Å². The number of hydrogen-bond donors (Lipinski definition) is 1. The van der Waals surface area contributed by atoms with Gasteiger partial charge in [0.05, 0.1) is 24.7 Å². The summed E-state index contributed by atoms with van der Waals surface area (Å²) in [4.78, 5) is 4.47. The molecule has 0 saturated heterocycles. The van der Waals surface area contributed by atoms with Crippen LogP contribution < -0.4 is 10.1 Å². The molecule has 0 radical (unpaired) electrons. The van der Waals surface area contributed by atoms with E-state index < -0.39 is 0 Å². The van der Waals surface area contributed by atoms with Gasteiger partial charge in [-0.05, 0) is 50.2 Å². The van der Waals surface area contributed by atoms with E-state index in [0.717, 1.165) is 22.7 Å². The monoisotopic (exact) mass is 393 g/mol. The van der Waals surface area contributed by atoms with Crippen molar-refractivity contribution in [3.05, 3.63) is 72.1 Å². The average molecular weight is 393 g/mol. The zero-order valence-electron chi connectivity index (χ0n) is 16.3. The fourth-order valence-corrected chi connectivity index (χ4v) is 2.98. The van der Waals surface area contributed by atoms with Crippen LogP contribution in [-0.4, -0.2) is 27.0 Å². The highest BCUT2D eigenvalue weighted by atomic mass is 19.1. The van der Waals surface area contributed by atoms with Crippen molar-refractivity contribution < 1.29 is 13.7 Å². The smallest absolute Gasteiger partial charge is 0.249 e. The molecule has 0 amide bonds. The van der Waals surface area contributed by atoms with Crippen molar-refractivity contribution in [3.8, 4) is 22.8 Å². The standard InChI is InChI=1S/C21H20FN5O2/c1-13(21-25-20(26-29-21)15-8-10-16(28-3)11-9-15)24-18-12-23-27(14(18)2)19-7-5-4-6-17(19)22/h4-13,24H,1-3H3/t13-/m0/s1. The molecular weight excluding hydrogens is 373 g/mol. The second-order valence-corrected chi connectivity index (χ2v) is 6.56. The van der Waals surface area contributed by atoms with E-state index in [4.69, 9.17) is 9.26 Å². The summed E-state index contributed by atoms with van der Waals surface area (Å²) < 4.78 is 26.2. The molecule has 0 aliphatic rings. The zero-order chi connectivity index (χ0) is 20.4. The SMILES string of the molecule is COc1ccc(-c2noc([C@H](C)Nc3cnn(-c4ccccc4F)c3C)n2)cc1. The number of hydrogen-bond acceptors (Lipinski definition) is 6. The fraction of sp³-hybridized carbons (Fsp3) is 0.190. The molecule has 0 aliphatic carbocycles. The average Bonchev–Trinajstić information content (AvgIpc) is 3.37. The van der Waals surface area contributed by atoms with Crippen molar-refractivity contribution in [2.45, 2.75) is 19.9 Å². The number of ether oxygens (including phenoxy) is 1. The molecule has 0 unspecified atom stereocenters. The minimum Gasteiger partial charge on any atom is -0.497 e. The summed E-state index contributed by atoms with van der Waals surface area (Å²) in [5.41, 5.74) is 2.75. The normalized spacial score (nSPS) is 12.0. The van der Waals surface area contributed by atoms with Crippen LogP contribution in [0.5, 0.6) is 5.75 Å². The van der Waals surface area contributed by atoms with Crippen molar-refractivity contribution in [2.24, 2.45) is 0 Å². The van der Waals surface area contributed by atoms with Crippen LogP contribution in [0.4, 0.5) is 10.1 Å². The van der Waals surface area contributed by atoms with Crippen LogP contribution in [0.2, 0.25) is 0 Å². The number of halogens is 1. The van der Waals surface area contributed by atoms with Crippen molar-refractivity contribution in [3.63, 3.8) is 0 Å². The van der Waals surface area contributed by atoms with Crippen molar-refractivity contribution in [1.29, 1.82) is 0 Å². The van der Waals surface area contributed by atoms with E-state index in [2.05, 4.69) is 20.6 Å². The van der Waals surface area contributed by atoms with Gasteiger partial charge in [0.15, 0.2) is 0 Å². The number of methoxy groups -OCH3 is 1. The van der Waals surface area contributed by atoms with Crippen LogP contribution in [0.15, 0.2) is 59.3 Å². The summed E-state index contributed by atoms with van der Waals surface area (Å²) in [5.74, 6) is 1.36. The molecule has 1 atom stereocenters. The van der Waals surface area contributed by atoms with Gasteiger partial charge in [-0.15, -0.1) is 0 Å². The lowest BCUT2D eigenvalue weighted by Crippen LogP contribution is -2.08. The van der Waals surface area contributed by atoms with Crippen LogP contribution in [0.1, 0.15) is 24.6 Å². The molecule has 4 aromatic rings. The fourth-order valence-electron chi connectivity index (χ4n) is 2.98. The first-order chi connectivity index (χ1) is 14.1.